The lowest BCUT2D eigenvalue weighted by atomic mass is 10.2. The highest BCUT2D eigenvalue weighted by Crippen LogP contribution is 2.27. The lowest BCUT2D eigenvalue weighted by Crippen LogP contribution is -2.52. The molecule has 1 aromatic carbocycles. The molecule has 0 spiro atoms. The zero-order valence-electron chi connectivity index (χ0n) is 14.8. The van der Waals surface area contributed by atoms with Gasteiger partial charge in [0.25, 0.3) is 0 Å². The van der Waals surface area contributed by atoms with Gasteiger partial charge in [-0.3, -0.25) is 4.99 Å². The number of hydrogen-bond acceptors (Lipinski definition) is 5. The van der Waals surface area contributed by atoms with Crippen molar-refractivity contribution in [1.29, 1.82) is 0 Å². The van der Waals surface area contributed by atoms with E-state index in [-0.39, 0.29) is 0 Å². The van der Waals surface area contributed by atoms with Gasteiger partial charge in [-0.25, -0.2) is 4.98 Å². The molecule has 3 rings (SSSR count). The molecular weight excluding hydrogens is 334 g/mol. The molecule has 2 heterocycles. The number of nitrogens with zero attached hydrogens (tertiary/aromatic N) is 4. The summed E-state index contributed by atoms with van der Waals surface area (Å²) in [6.07, 6.45) is 0.904. The lowest BCUT2D eigenvalue weighted by Gasteiger charge is -2.37. The first-order chi connectivity index (χ1) is 12.2. The third-order valence-electron chi connectivity index (χ3n) is 4.34. The summed E-state index contributed by atoms with van der Waals surface area (Å²) in [6.45, 7) is 6.35. The normalized spacial score (nSPS) is 15.5. The van der Waals surface area contributed by atoms with Crippen molar-refractivity contribution in [2.75, 3.05) is 44.7 Å². The van der Waals surface area contributed by atoms with Crippen LogP contribution in [0.1, 0.15) is 10.7 Å². The van der Waals surface area contributed by atoms with Crippen molar-refractivity contribution in [1.82, 2.24) is 15.2 Å². The maximum absolute atomic E-state index is 10.0. The van der Waals surface area contributed by atoms with Crippen molar-refractivity contribution in [2.45, 2.75) is 13.3 Å². The summed E-state index contributed by atoms with van der Waals surface area (Å²) < 4.78 is 0. The van der Waals surface area contributed by atoms with Crippen LogP contribution in [0.5, 0.6) is 5.75 Å². The van der Waals surface area contributed by atoms with Crippen LogP contribution in [0.2, 0.25) is 0 Å². The quantitative estimate of drug-likeness (QED) is 0.647. The molecule has 0 amide bonds. The number of guanidine groups is 1. The summed E-state index contributed by atoms with van der Waals surface area (Å²) in [5.74, 6) is 1.28. The maximum Gasteiger partial charge on any atom is 0.193 e. The molecule has 0 aliphatic carbocycles. The molecule has 1 aliphatic rings. The van der Waals surface area contributed by atoms with Crippen LogP contribution in [0.15, 0.2) is 34.6 Å². The second kappa shape index (κ2) is 8.20. The van der Waals surface area contributed by atoms with E-state index in [1.165, 1.54) is 0 Å². The number of aryl methyl sites for hydroxylation is 1. The van der Waals surface area contributed by atoms with Gasteiger partial charge in [0.15, 0.2) is 5.96 Å². The molecule has 1 aliphatic heterocycles. The summed E-state index contributed by atoms with van der Waals surface area (Å²) in [5.41, 5.74) is 2.04. The van der Waals surface area contributed by atoms with Crippen molar-refractivity contribution < 1.29 is 5.11 Å². The van der Waals surface area contributed by atoms with Gasteiger partial charge in [0.2, 0.25) is 0 Å². The molecule has 0 atom stereocenters. The molecule has 134 valence electrons. The van der Waals surface area contributed by atoms with Crippen LogP contribution < -0.4 is 10.2 Å². The van der Waals surface area contributed by atoms with E-state index in [2.05, 4.69) is 30.5 Å². The fourth-order valence-electron chi connectivity index (χ4n) is 3.05. The molecule has 1 saturated heterocycles. The Bertz CT molecular complexity index is 722. The Kier molecular flexibility index (Phi) is 5.75. The van der Waals surface area contributed by atoms with Crippen LogP contribution in [0.4, 0.5) is 5.69 Å². The average Bonchev–Trinajstić information content (AvgIpc) is 3.05. The van der Waals surface area contributed by atoms with Gasteiger partial charge in [-0.05, 0) is 19.1 Å². The Morgan fingerprint density at radius 2 is 2.04 bits per heavy atom. The lowest BCUT2D eigenvalue weighted by molar-refractivity contribution is 0.370. The molecular formula is C18H25N5OS. The second-order valence-electron chi connectivity index (χ2n) is 6.04. The van der Waals surface area contributed by atoms with Crippen molar-refractivity contribution in [3.63, 3.8) is 0 Å². The summed E-state index contributed by atoms with van der Waals surface area (Å²) >= 11 is 1.69. The number of nitrogens with one attached hydrogen (secondary N) is 1. The van der Waals surface area contributed by atoms with Crippen LogP contribution in [0, 0.1) is 6.92 Å². The van der Waals surface area contributed by atoms with Gasteiger partial charge in [0.05, 0.1) is 16.4 Å². The Hall–Kier alpha value is -2.28. The molecule has 2 N–H and O–H groups in total. The van der Waals surface area contributed by atoms with E-state index < -0.39 is 0 Å². The Morgan fingerprint density at radius 3 is 2.68 bits per heavy atom. The Morgan fingerprint density at radius 1 is 1.28 bits per heavy atom. The molecule has 1 fully saturated rings. The predicted molar refractivity (Wildman–Crippen MR) is 104 cm³/mol. The van der Waals surface area contributed by atoms with E-state index in [9.17, 15) is 5.11 Å². The van der Waals surface area contributed by atoms with Crippen LogP contribution >= 0.6 is 11.3 Å². The Labute approximate surface area is 152 Å². The highest BCUT2D eigenvalue weighted by Gasteiger charge is 2.21. The second-order valence-corrected chi connectivity index (χ2v) is 7.11. The zero-order valence-corrected chi connectivity index (χ0v) is 15.6. The SMILES string of the molecule is CN=C(NCCc1csc(C)n1)N1CCN(c2ccccc2O)CC1. The molecule has 25 heavy (non-hydrogen) atoms. The van der Waals surface area contributed by atoms with Crippen molar-refractivity contribution in [3.05, 3.63) is 40.3 Å². The zero-order chi connectivity index (χ0) is 17.6. The smallest absolute Gasteiger partial charge is 0.193 e. The van der Waals surface area contributed by atoms with E-state index >= 15 is 0 Å². The number of hydrogen-bond donors (Lipinski definition) is 2. The van der Waals surface area contributed by atoms with E-state index in [4.69, 9.17) is 0 Å². The standard InChI is InChI=1S/C18H25N5OS/c1-14-21-15(13-25-14)7-8-20-18(19-2)23-11-9-22(10-12-23)16-5-3-4-6-17(16)24/h3-6,13,24H,7-12H2,1-2H3,(H,19,20). The fraction of sp³-hybridized carbons (Fsp3) is 0.444. The van der Waals surface area contributed by atoms with Crippen LogP contribution in [0.25, 0.3) is 0 Å². The predicted octanol–water partition coefficient (Wildman–Crippen LogP) is 2.10. The first-order valence-corrected chi connectivity index (χ1v) is 9.45. The number of phenols is 1. The number of aromatic nitrogens is 1. The molecule has 0 radical (unpaired) electrons. The topological polar surface area (TPSA) is 64.0 Å². The average molecular weight is 359 g/mol. The number of anilines is 1. The fourth-order valence-corrected chi connectivity index (χ4v) is 3.70. The molecule has 2 aromatic rings. The van der Waals surface area contributed by atoms with Gasteiger partial charge in [0.1, 0.15) is 5.75 Å². The number of phenolic OH excluding ortho intramolecular Hbond substituents is 1. The molecule has 0 bridgehead atoms. The van der Waals surface area contributed by atoms with Crippen LogP contribution in [-0.4, -0.2) is 60.7 Å². The minimum atomic E-state index is 0.344. The summed E-state index contributed by atoms with van der Waals surface area (Å²) in [5, 5.41) is 16.7. The molecule has 7 heteroatoms. The number of aromatic hydroxyl groups is 1. The minimum absolute atomic E-state index is 0.344. The van der Waals surface area contributed by atoms with Gasteiger partial charge < -0.3 is 20.2 Å². The molecule has 1 aromatic heterocycles. The van der Waals surface area contributed by atoms with E-state index in [0.29, 0.717) is 5.75 Å². The summed E-state index contributed by atoms with van der Waals surface area (Å²) in [7, 11) is 1.82. The number of rotatable bonds is 4. The van der Waals surface area contributed by atoms with Gasteiger partial charge in [-0.2, -0.15) is 0 Å². The number of para-hydroxylation sites is 2. The third-order valence-corrected chi connectivity index (χ3v) is 5.17. The van der Waals surface area contributed by atoms with Crippen LogP contribution in [-0.2, 0) is 6.42 Å². The van der Waals surface area contributed by atoms with Crippen molar-refractivity contribution in [3.8, 4) is 5.75 Å². The van der Waals surface area contributed by atoms with Gasteiger partial charge in [-0.1, -0.05) is 12.1 Å². The highest BCUT2D eigenvalue weighted by atomic mass is 32.1. The number of aliphatic imine (C=N–C) groups is 1. The summed E-state index contributed by atoms with van der Waals surface area (Å²) in [4.78, 5) is 13.4. The van der Waals surface area contributed by atoms with E-state index in [1.807, 2.05) is 32.2 Å². The minimum Gasteiger partial charge on any atom is -0.506 e. The van der Waals surface area contributed by atoms with Gasteiger partial charge >= 0.3 is 0 Å². The third kappa shape index (κ3) is 4.42. The number of piperazine rings is 1. The number of benzene rings is 1. The first-order valence-electron chi connectivity index (χ1n) is 8.57. The summed E-state index contributed by atoms with van der Waals surface area (Å²) in [6, 6.07) is 7.52. The monoisotopic (exact) mass is 359 g/mol. The van der Waals surface area contributed by atoms with E-state index in [0.717, 1.165) is 61.5 Å². The van der Waals surface area contributed by atoms with Crippen LogP contribution in [0.3, 0.4) is 0 Å². The largest absolute Gasteiger partial charge is 0.506 e. The first kappa shape index (κ1) is 17.5. The maximum atomic E-state index is 10.0. The highest BCUT2D eigenvalue weighted by molar-refractivity contribution is 7.09. The van der Waals surface area contributed by atoms with E-state index in [1.54, 1.807) is 17.4 Å². The number of thiazole rings is 1. The van der Waals surface area contributed by atoms with Crippen molar-refractivity contribution in [2.24, 2.45) is 4.99 Å². The Balaban J connectivity index is 1.49. The molecule has 0 unspecified atom stereocenters. The van der Waals surface area contributed by atoms with Crippen molar-refractivity contribution >= 4 is 23.0 Å². The van der Waals surface area contributed by atoms with Gasteiger partial charge in [0, 0.05) is 51.6 Å². The molecule has 6 nitrogen and oxygen atoms in total. The van der Waals surface area contributed by atoms with Gasteiger partial charge in [-0.15, -0.1) is 11.3 Å². The molecule has 0 saturated carbocycles.